The molecule has 19 nitrogen and oxygen atoms in total. The molecule has 1 aromatic rings. The summed E-state index contributed by atoms with van der Waals surface area (Å²) in [4.78, 5) is 80.7. The van der Waals surface area contributed by atoms with E-state index >= 15 is 0 Å². The molecule has 0 unspecified atom stereocenters. The minimum atomic E-state index is -3.88. The maximum absolute atomic E-state index is 14.7. The molecule has 9 atom stereocenters. The largest absolute Gasteiger partial charge is 0.379 e. The van der Waals surface area contributed by atoms with E-state index < -0.39 is 75.3 Å². The number of ketones is 1. The summed E-state index contributed by atoms with van der Waals surface area (Å²) < 4.78 is 56.4. The number of ether oxygens (including phenoxy) is 5. The lowest BCUT2D eigenvalue weighted by molar-refractivity contribution is -0.149. The molecule has 3 rings (SSSR count). The number of amides is 4. The Morgan fingerprint density at radius 1 is 0.803 bits per heavy atom. The van der Waals surface area contributed by atoms with Crippen LogP contribution in [0.1, 0.15) is 99.0 Å². The minimum Gasteiger partial charge on any atom is -0.379 e. The molecule has 2 fully saturated rings. The SMILES string of the molecule is CC[C@H](C)[C@@H]([C@@H](CC(=O)N1CCC[C@H]1[C@H](OC)[C@@H](C)C(=O)N[C@@H](Cc1ccccc1)C(=O)NS(=O)(=O)C1CC1)OC)N(C)C(=O)[C@@H](CC(=O)[C@H](C(C)C)N(C)CCOCCOCCOCCON)C(C)C. The van der Waals surface area contributed by atoms with Crippen molar-refractivity contribution in [3.8, 4) is 0 Å². The van der Waals surface area contributed by atoms with Crippen LogP contribution in [0.4, 0.5) is 0 Å². The van der Waals surface area contributed by atoms with Gasteiger partial charge in [0.05, 0.1) is 94.2 Å². The number of likely N-dealkylation sites (tertiary alicyclic amines) is 1. The molecule has 2 aliphatic rings. The van der Waals surface area contributed by atoms with Gasteiger partial charge >= 0.3 is 0 Å². The van der Waals surface area contributed by atoms with E-state index in [2.05, 4.69) is 14.9 Å². The summed E-state index contributed by atoms with van der Waals surface area (Å²) in [5.41, 5.74) is 0.734. The van der Waals surface area contributed by atoms with Crippen LogP contribution in [0.2, 0.25) is 0 Å². The second-order valence-electron chi connectivity index (χ2n) is 19.9. The summed E-state index contributed by atoms with van der Waals surface area (Å²) in [6.45, 7) is 17.3. The Labute approximate surface area is 424 Å². The Morgan fingerprint density at radius 3 is 1.94 bits per heavy atom. The highest BCUT2D eigenvalue weighted by Gasteiger charge is 2.44. The van der Waals surface area contributed by atoms with E-state index in [4.69, 9.17) is 29.6 Å². The van der Waals surface area contributed by atoms with Crippen molar-refractivity contribution >= 4 is 39.4 Å². The van der Waals surface area contributed by atoms with E-state index in [1.807, 2.05) is 59.6 Å². The molecule has 1 aliphatic heterocycles. The lowest BCUT2D eigenvalue weighted by atomic mass is 9.83. The highest BCUT2D eigenvalue weighted by molar-refractivity contribution is 7.90. The van der Waals surface area contributed by atoms with Gasteiger partial charge in [0.2, 0.25) is 27.7 Å². The Balaban J connectivity index is 1.70. The molecule has 1 saturated carbocycles. The summed E-state index contributed by atoms with van der Waals surface area (Å²) in [6.07, 6.45) is 1.44. The van der Waals surface area contributed by atoms with Crippen LogP contribution in [0.15, 0.2) is 30.3 Å². The average Bonchev–Trinajstić information content (AvgIpc) is 4.10. The van der Waals surface area contributed by atoms with Crippen LogP contribution < -0.4 is 15.9 Å². The lowest BCUT2D eigenvalue weighted by Gasteiger charge is -2.41. The maximum atomic E-state index is 14.7. The normalized spacial score (nSPS) is 18.7. The van der Waals surface area contributed by atoms with Crippen LogP contribution in [0, 0.1) is 29.6 Å². The van der Waals surface area contributed by atoms with Gasteiger partial charge in [-0.2, -0.15) is 0 Å². The number of hydrogen-bond donors (Lipinski definition) is 3. The third kappa shape index (κ3) is 19.3. The molecule has 1 aliphatic carbocycles. The van der Waals surface area contributed by atoms with Crippen LogP contribution in [-0.4, -0.2) is 182 Å². The second kappa shape index (κ2) is 31.2. The van der Waals surface area contributed by atoms with Crippen LogP contribution in [-0.2, 0) is 68.9 Å². The maximum Gasteiger partial charge on any atom is 0.256 e. The Hall–Kier alpha value is -3.60. The standard InChI is InChI=1S/C51H88N6O13S/c1-12-36(6)47(56(9)51(62)40(34(2)3)32-43(58)46(35(4)5)55(8)23-24-67-25-26-68-27-28-69-29-30-70-52)44(65-10)33-45(59)57-22-16-19-42(57)48(66-11)37(7)49(60)53-41(31-38-17-14-13-15-18-38)50(61)54-71(63,64)39-20-21-39/h13-15,17-18,34-37,39-42,44,46-48H,12,16,19-33,52H2,1-11H3,(H,53,60)(H,54,61)/t36-,37+,40-,41-,42-,44+,46-,47-,48+/m0/s1. The summed E-state index contributed by atoms with van der Waals surface area (Å²) in [7, 11) is 2.78. The van der Waals surface area contributed by atoms with Gasteiger partial charge in [-0.05, 0) is 56.0 Å². The number of carbonyl (C=O) groups is 5. The summed E-state index contributed by atoms with van der Waals surface area (Å²) in [6, 6.07) is 6.38. The summed E-state index contributed by atoms with van der Waals surface area (Å²) in [5.74, 6) is 1.47. The van der Waals surface area contributed by atoms with Gasteiger partial charge in [0.25, 0.3) is 5.91 Å². The molecule has 0 spiro atoms. The lowest BCUT2D eigenvalue weighted by Crippen LogP contribution is -2.55. The van der Waals surface area contributed by atoms with Crippen LogP contribution in [0.5, 0.6) is 0 Å². The molecular formula is C51H88N6O13S. The van der Waals surface area contributed by atoms with Crippen LogP contribution in [0.25, 0.3) is 0 Å². The van der Waals surface area contributed by atoms with Crippen molar-refractivity contribution in [1.29, 1.82) is 0 Å². The molecular weight excluding hydrogens is 937 g/mol. The smallest absolute Gasteiger partial charge is 0.256 e. The van der Waals surface area contributed by atoms with Gasteiger partial charge in [-0.1, -0.05) is 85.2 Å². The zero-order valence-corrected chi connectivity index (χ0v) is 45.3. The average molecular weight is 1030 g/mol. The topological polar surface area (TPSA) is 235 Å². The van der Waals surface area contributed by atoms with Crippen LogP contribution in [0.3, 0.4) is 0 Å². The number of benzene rings is 1. The first-order chi connectivity index (χ1) is 33.7. The molecule has 1 aromatic carbocycles. The number of Topliss-reactive ketones (excluding diaryl/α,β-unsaturated/α-hetero) is 1. The van der Waals surface area contributed by atoms with Crippen LogP contribution >= 0.6 is 0 Å². The van der Waals surface area contributed by atoms with Gasteiger partial charge in [-0.3, -0.25) is 33.6 Å². The van der Waals surface area contributed by atoms with Crippen molar-refractivity contribution in [1.82, 2.24) is 24.7 Å². The third-order valence-corrected chi connectivity index (χ3v) is 15.9. The molecule has 406 valence electrons. The Morgan fingerprint density at radius 2 is 1.41 bits per heavy atom. The van der Waals surface area contributed by atoms with E-state index in [1.54, 1.807) is 48.0 Å². The Bertz CT molecular complexity index is 1890. The van der Waals surface area contributed by atoms with Gasteiger partial charge in [0.1, 0.15) is 6.04 Å². The van der Waals surface area contributed by atoms with E-state index in [0.717, 1.165) is 5.56 Å². The van der Waals surface area contributed by atoms with E-state index in [0.29, 0.717) is 91.4 Å². The first kappa shape index (κ1) is 61.7. The number of likely N-dealkylation sites (N-methyl/N-ethyl adjacent to an activating group) is 2. The fourth-order valence-corrected chi connectivity index (χ4v) is 11.0. The molecule has 0 aromatic heterocycles. The molecule has 20 heteroatoms. The van der Waals surface area contributed by atoms with Crippen molar-refractivity contribution in [3.05, 3.63) is 35.9 Å². The predicted molar refractivity (Wildman–Crippen MR) is 270 cm³/mol. The summed E-state index contributed by atoms with van der Waals surface area (Å²) >= 11 is 0. The quantitative estimate of drug-likeness (QED) is 0.0646. The van der Waals surface area contributed by atoms with Crippen molar-refractivity contribution in [2.24, 2.45) is 35.5 Å². The minimum absolute atomic E-state index is 0.0248. The number of methoxy groups -OCH3 is 2. The number of carbonyl (C=O) groups excluding carboxylic acids is 5. The Kier molecular flexibility index (Phi) is 27.1. The fraction of sp³-hybridized carbons (Fsp3) is 0.784. The molecule has 1 heterocycles. The van der Waals surface area contributed by atoms with E-state index in [-0.39, 0.29) is 54.6 Å². The first-order valence-corrected chi connectivity index (χ1v) is 27.1. The van der Waals surface area contributed by atoms with Crippen molar-refractivity contribution in [3.63, 3.8) is 0 Å². The molecule has 0 radical (unpaired) electrons. The summed E-state index contributed by atoms with van der Waals surface area (Å²) in [5, 5.41) is 2.17. The number of nitrogens with two attached hydrogens (primary N) is 1. The molecule has 4 N–H and O–H groups in total. The molecule has 4 amide bonds. The number of hydrogen-bond acceptors (Lipinski definition) is 15. The monoisotopic (exact) mass is 1020 g/mol. The highest BCUT2D eigenvalue weighted by Crippen LogP contribution is 2.32. The van der Waals surface area contributed by atoms with E-state index in [1.165, 1.54) is 14.2 Å². The van der Waals surface area contributed by atoms with Crippen molar-refractivity contribution in [2.75, 3.05) is 87.7 Å². The van der Waals surface area contributed by atoms with Crippen molar-refractivity contribution < 1.29 is 60.9 Å². The van der Waals surface area contributed by atoms with Gasteiger partial charge in [0, 0.05) is 53.1 Å². The second-order valence-corrected chi connectivity index (χ2v) is 21.9. The number of rotatable bonds is 36. The highest BCUT2D eigenvalue weighted by atomic mass is 32.2. The molecule has 0 bridgehead atoms. The number of sulfonamides is 1. The number of nitrogens with one attached hydrogen (secondary N) is 2. The van der Waals surface area contributed by atoms with Crippen molar-refractivity contribution in [2.45, 2.75) is 141 Å². The fourth-order valence-electron chi connectivity index (χ4n) is 9.67. The van der Waals surface area contributed by atoms with Gasteiger partial charge in [0.15, 0.2) is 5.78 Å². The van der Waals surface area contributed by atoms with Gasteiger partial charge in [-0.25, -0.2) is 14.3 Å². The van der Waals surface area contributed by atoms with Gasteiger partial charge in [-0.15, -0.1) is 0 Å². The zero-order valence-electron chi connectivity index (χ0n) is 44.5. The molecule has 1 saturated heterocycles. The zero-order chi connectivity index (χ0) is 52.8. The van der Waals surface area contributed by atoms with Gasteiger partial charge < -0.3 is 43.6 Å². The first-order valence-electron chi connectivity index (χ1n) is 25.5. The predicted octanol–water partition coefficient (Wildman–Crippen LogP) is 3.37. The third-order valence-electron chi connectivity index (χ3n) is 14.0. The number of nitrogens with zero attached hydrogens (tertiary/aromatic N) is 3. The van der Waals surface area contributed by atoms with E-state index in [9.17, 15) is 32.4 Å². The molecule has 71 heavy (non-hydrogen) atoms.